The molecule has 7 aromatic rings. The Balaban J connectivity index is 0.000000185. The highest BCUT2D eigenvalue weighted by Gasteiger charge is 2.51. The Bertz CT molecular complexity index is 5290. The second kappa shape index (κ2) is 60.9. The number of aliphatic hydroxyl groups is 2. The molecule has 0 amide bonds. The van der Waals surface area contributed by atoms with Crippen LogP contribution in [0.2, 0.25) is 0 Å². The number of nitrogens with two attached hydrogens (primary N) is 2. The number of unbranched alkanes of at least 4 members (excludes halogenated alkanes) is 6. The number of fused-ring (bicyclic) bond motifs is 6. The molecule has 35 heteroatoms. The summed E-state index contributed by atoms with van der Waals surface area (Å²) in [5, 5.41) is 38.6. The standard InChI is InChI=1S/C44H54N2O11.C28H46N2O7.C24H36O5.C16H12N2O6/c1-3-4-7-18-34(52-54-40-25-45-43(40)56-50-27-30-13-8-5-9-14-30)20-21-35-36-22-32-17-12-19-38(49-29-42(47)48-2)37(32)23-33(36)24-39(35)53-55-41-26-46-44(41)57-51-28-31-15-10-6-11-16-31;1-5-6-7-10-22(36-34-18(2)29)12-13-23-24-14-20-9-8-11-26(33-17-28(31)32-4)25(20)15-21(24)16-27(23)37-35-19(3)30;1-3-4-5-8-18(25)10-11-19-20-12-16-7-6-9-23(29-15-24(27)28-2)21(16)13-17(20)14-22(19)26;17-10-15(16(19)22-11-12-4-2-1-3-5-12)24-23-14-8-6-13(7-9-14)18(20)21/h5-6,8-17,19,33-36,39-41H,3-4,7,18,20-29H2,1-2H3;8-9,11,18-19,21-24,27H,5-7,10,12-17,29-30H2,1-4H3;6-7,9,17-20,22,25-26H,3-5,8,10-15H2,1-2H3;1-9,17H,11H2/t;;17?,18-,19?,20?,22?;/m..0./s1. The first kappa shape index (κ1) is 114. The molecule has 8 aliphatic rings. The number of hydrogen-bond acceptors (Lipinski definition) is 34. The summed E-state index contributed by atoms with van der Waals surface area (Å²) in [6.07, 6.45) is 22.9. The Hall–Kier alpha value is -11.4. The molecule has 800 valence electrons. The van der Waals surface area contributed by atoms with Crippen LogP contribution >= 0.6 is 0 Å². The molecule has 2 heterocycles. The van der Waals surface area contributed by atoms with E-state index in [1.54, 1.807) is 44.0 Å². The Morgan fingerprint density at radius 3 is 1.31 bits per heavy atom. The smallest absolute Gasteiger partial charge is 0.389 e. The van der Waals surface area contributed by atoms with E-state index in [1.807, 2.05) is 103 Å². The molecule has 3 saturated carbocycles. The van der Waals surface area contributed by atoms with Crippen LogP contribution in [0.25, 0.3) is 0 Å². The maximum Gasteiger partial charge on any atom is 0.389 e. The molecule has 18 unspecified atom stereocenters. The van der Waals surface area contributed by atoms with Crippen LogP contribution in [-0.4, -0.2) is 172 Å². The van der Waals surface area contributed by atoms with Gasteiger partial charge in [-0.2, -0.15) is 9.78 Å². The number of aliphatic hydroxyl groups excluding tert-OH is 2. The number of carbonyl (C=O) groups is 4. The Morgan fingerprint density at radius 1 is 0.463 bits per heavy atom. The SMILES string of the molecule is CCCCCC(CCC1C(OOC(C)N)CC2Cc3c(cccc3OCC(=O)OC)CC21)OOC(C)N.CCCCCC(CCC1C(OOC2CN=C2OOCc2ccccc2)CC2Cc3c(cccc3OCC(=O)OC)CC21)OOC1CN=C1OOCc1ccccc1.CCCCC[C@H](O)CCC1C(O)CC2Cc3c(cccc3OCC(=O)OC)CC21.N=C=C(OOc1ccc([N+](=O)[O-])cc1)C(=O)OCc1ccccc1. The molecule has 15 rings (SSSR count). The third-order valence-electron chi connectivity index (χ3n) is 28.4. The maximum absolute atomic E-state index is 11.9. The van der Waals surface area contributed by atoms with Gasteiger partial charge in [-0.05, 0) is 263 Å². The molecule has 0 spiro atoms. The van der Waals surface area contributed by atoms with E-state index in [2.05, 4.69) is 53.7 Å². The summed E-state index contributed by atoms with van der Waals surface area (Å²) in [6.45, 7) is 11.3. The van der Waals surface area contributed by atoms with Crippen molar-refractivity contribution in [3.63, 3.8) is 0 Å². The summed E-state index contributed by atoms with van der Waals surface area (Å²) in [5.74, 6) is 5.36. The van der Waals surface area contributed by atoms with Crippen molar-refractivity contribution in [3.8, 4) is 23.0 Å². The van der Waals surface area contributed by atoms with Gasteiger partial charge >= 0.3 is 29.6 Å². The van der Waals surface area contributed by atoms with Gasteiger partial charge in [0.05, 0.1) is 76.0 Å². The second-order valence-corrected chi connectivity index (χ2v) is 38.8. The second-order valence-electron chi connectivity index (χ2n) is 38.8. The Morgan fingerprint density at radius 2 is 0.884 bits per heavy atom. The molecular formula is C112H148N6O29. The van der Waals surface area contributed by atoms with E-state index in [-0.39, 0.29) is 92.3 Å². The maximum atomic E-state index is 11.9. The van der Waals surface area contributed by atoms with Crippen LogP contribution in [0.1, 0.15) is 220 Å². The monoisotopic (exact) mass is 2040 g/mol. The Labute approximate surface area is 861 Å². The fraction of sp³-hybridized carbons (Fsp3) is 0.554. The minimum atomic E-state index is -0.921. The lowest BCUT2D eigenvalue weighted by Crippen LogP contribution is -2.40. The molecule has 7 aromatic carbocycles. The summed E-state index contributed by atoms with van der Waals surface area (Å²) < 4.78 is 36.7. The topological polar surface area (TPSA) is 446 Å². The van der Waals surface area contributed by atoms with Gasteiger partial charge in [-0.25, -0.2) is 68.3 Å². The molecule has 3 fully saturated rings. The number of nitro groups is 1. The predicted molar refractivity (Wildman–Crippen MR) is 542 cm³/mol. The molecule has 35 nitrogen and oxygen atoms in total. The number of nitro benzene ring substituents is 1. The number of nitrogens with one attached hydrogen (secondary N) is 1. The molecule has 2 aliphatic heterocycles. The van der Waals surface area contributed by atoms with Gasteiger partial charge in [0, 0.05) is 18.0 Å². The zero-order valence-corrected chi connectivity index (χ0v) is 85.8. The van der Waals surface area contributed by atoms with Crippen LogP contribution in [0.4, 0.5) is 5.69 Å². The van der Waals surface area contributed by atoms with Gasteiger partial charge in [0.2, 0.25) is 0 Å². The van der Waals surface area contributed by atoms with Gasteiger partial charge in [-0.3, -0.25) is 25.3 Å². The fourth-order valence-electron chi connectivity index (χ4n) is 20.7. The molecule has 6 aliphatic carbocycles. The van der Waals surface area contributed by atoms with Gasteiger partial charge in [0.15, 0.2) is 37.8 Å². The van der Waals surface area contributed by atoms with Gasteiger partial charge in [-0.15, -0.1) is 0 Å². The number of non-ortho nitro benzene ring substituents is 1. The number of rotatable bonds is 55. The zero-order chi connectivity index (χ0) is 104. The number of hydrogen-bond donors (Lipinski definition) is 5. The quantitative estimate of drug-likeness (QED) is 0.00226. The normalized spacial score (nSPS) is 22.3. The van der Waals surface area contributed by atoms with Crippen LogP contribution in [0.5, 0.6) is 23.0 Å². The Kier molecular flexibility index (Phi) is 47.4. The van der Waals surface area contributed by atoms with Crippen LogP contribution in [0, 0.1) is 68.8 Å². The zero-order valence-electron chi connectivity index (χ0n) is 85.8. The summed E-state index contributed by atoms with van der Waals surface area (Å²) in [4.78, 5) is 144. The largest absolute Gasteiger partial charge is 0.482 e. The highest BCUT2D eigenvalue weighted by Crippen LogP contribution is 2.53. The lowest BCUT2D eigenvalue weighted by molar-refractivity contribution is -0.384. The van der Waals surface area contributed by atoms with Gasteiger partial charge in [0.1, 0.15) is 49.5 Å². The molecule has 0 saturated heterocycles. The van der Waals surface area contributed by atoms with E-state index in [0.29, 0.717) is 79.5 Å². The summed E-state index contributed by atoms with van der Waals surface area (Å²) in [7, 11) is 4.08. The van der Waals surface area contributed by atoms with Crippen LogP contribution in [0.15, 0.2) is 186 Å². The molecule has 7 N–H and O–H groups in total. The van der Waals surface area contributed by atoms with Crippen LogP contribution in [0.3, 0.4) is 0 Å². The lowest BCUT2D eigenvalue weighted by atomic mass is 9.73. The van der Waals surface area contributed by atoms with E-state index in [4.69, 9.17) is 114 Å². The van der Waals surface area contributed by atoms with E-state index in [0.717, 1.165) is 200 Å². The van der Waals surface area contributed by atoms with Crippen LogP contribution < -0.4 is 30.6 Å². The van der Waals surface area contributed by atoms with Crippen molar-refractivity contribution >= 4 is 47.2 Å². The minimum Gasteiger partial charge on any atom is -0.482 e. The van der Waals surface area contributed by atoms with Crippen molar-refractivity contribution in [2.45, 2.75) is 289 Å². The average Bonchev–Trinajstić information content (AvgIpc) is 1.62. The number of benzene rings is 7. The van der Waals surface area contributed by atoms with Gasteiger partial charge in [0.25, 0.3) is 17.5 Å². The third-order valence-corrected chi connectivity index (χ3v) is 28.4. The molecule has 0 radical (unpaired) electrons. The fourth-order valence-corrected chi connectivity index (χ4v) is 20.7. The van der Waals surface area contributed by atoms with E-state index < -0.39 is 53.3 Å². The highest BCUT2D eigenvalue weighted by molar-refractivity contribution is 5.94. The van der Waals surface area contributed by atoms with Crippen molar-refractivity contribution in [2.24, 2.45) is 74.7 Å². The summed E-state index contributed by atoms with van der Waals surface area (Å²) >= 11 is 0. The number of methoxy groups -OCH3 is 3. The molecule has 0 bridgehead atoms. The molecule has 147 heavy (non-hydrogen) atoms. The lowest BCUT2D eigenvalue weighted by Gasteiger charge is -2.33. The van der Waals surface area contributed by atoms with Crippen LogP contribution in [-0.2, 0) is 160 Å². The summed E-state index contributed by atoms with van der Waals surface area (Å²) in [5.41, 5.74) is 21.5. The number of aliphatic imine (C=N–C) groups is 2. The first-order valence-electron chi connectivity index (χ1n) is 51.9. The number of nitrogens with zero attached hydrogens (tertiary/aromatic N) is 3. The highest BCUT2D eigenvalue weighted by atomic mass is 17.2. The molecule has 0 aromatic heterocycles. The molecule has 19 atom stereocenters. The van der Waals surface area contributed by atoms with E-state index in [1.165, 1.54) is 86.3 Å². The first-order valence-corrected chi connectivity index (χ1v) is 51.9. The number of carbonyl (C=O) groups excluding carboxylic acids is 4. The summed E-state index contributed by atoms with van der Waals surface area (Å²) in [6, 6.07) is 51.8. The average molecular weight is 2040 g/mol. The predicted octanol–water partition coefficient (Wildman–Crippen LogP) is 18.1. The van der Waals surface area contributed by atoms with E-state index in [9.17, 15) is 39.5 Å². The van der Waals surface area contributed by atoms with Crippen molar-refractivity contribution < 1.29 is 136 Å². The van der Waals surface area contributed by atoms with Gasteiger partial charge in [-0.1, -0.05) is 206 Å². The molecular weight excluding hydrogens is 1890 g/mol. The first-order chi connectivity index (χ1) is 71.5. The third kappa shape index (κ3) is 35.7. The number of ether oxygens (including phenoxy) is 7. The van der Waals surface area contributed by atoms with Crippen molar-refractivity contribution in [3.05, 3.63) is 236 Å². The van der Waals surface area contributed by atoms with Gasteiger partial charge < -0.3 is 64.6 Å². The number of esters is 4. The van der Waals surface area contributed by atoms with Crippen molar-refractivity contribution in [2.75, 3.05) is 54.2 Å². The van der Waals surface area contributed by atoms with Crippen molar-refractivity contribution in [1.29, 1.82) is 5.41 Å². The minimum absolute atomic E-state index is 0.00570. The van der Waals surface area contributed by atoms with Crippen molar-refractivity contribution in [1.82, 2.24) is 0 Å². The van der Waals surface area contributed by atoms with E-state index >= 15 is 0 Å².